The van der Waals surface area contributed by atoms with Crippen LogP contribution in [0.25, 0.3) is 0 Å². The molecule has 0 aromatic carbocycles. The Morgan fingerprint density at radius 2 is 1.85 bits per heavy atom. The summed E-state index contributed by atoms with van der Waals surface area (Å²) in [5.74, 6) is 0.352. The van der Waals surface area contributed by atoms with E-state index in [1.54, 1.807) is 0 Å². The number of hydrogen-bond donors (Lipinski definition) is 1. The number of nitrogens with zero attached hydrogens (tertiary/aromatic N) is 2. The summed E-state index contributed by atoms with van der Waals surface area (Å²) < 4.78 is 5.51. The number of oxazole rings is 1. The van der Waals surface area contributed by atoms with Gasteiger partial charge >= 0.3 is 0 Å². The molecule has 6 nitrogen and oxygen atoms in total. The van der Waals surface area contributed by atoms with Crippen molar-refractivity contribution in [2.24, 2.45) is 5.92 Å². The molecule has 2 amide bonds. The molecule has 0 aliphatic rings. The van der Waals surface area contributed by atoms with Gasteiger partial charge in [-0.3, -0.25) is 9.59 Å². The minimum Gasteiger partial charge on any atom is -0.446 e. The van der Waals surface area contributed by atoms with Crippen LogP contribution in [0.1, 0.15) is 96.4 Å². The van der Waals surface area contributed by atoms with Crippen LogP contribution < -0.4 is 5.32 Å². The first-order valence-electron chi connectivity index (χ1n) is 10.4. The Hall–Kier alpha value is -1.85. The second-order valence-electron chi connectivity index (χ2n) is 7.38. The number of rotatable bonds is 12. The second-order valence-corrected chi connectivity index (χ2v) is 7.38. The van der Waals surface area contributed by atoms with Gasteiger partial charge in [-0.25, -0.2) is 4.98 Å². The van der Waals surface area contributed by atoms with Crippen molar-refractivity contribution < 1.29 is 14.0 Å². The van der Waals surface area contributed by atoms with E-state index in [4.69, 9.17) is 4.42 Å². The molecule has 3 atom stereocenters. The molecule has 0 saturated carbocycles. The van der Waals surface area contributed by atoms with Crippen molar-refractivity contribution in [2.45, 2.75) is 98.7 Å². The van der Waals surface area contributed by atoms with Crippen LogP contribution in [0.2, 0.25) is 0 Å². The van der Waals surface area contributed by atoms with Crippen molar-refractivity contribution in [3.05, 3.63) is 17.8 Å². The highest BCUT2D eigenvalue weighted by atomic mass is 16.3. The molecule has 6 heteroatoms. The molecule has 0 bridgehead atoms. The fourth-order valence-electron chi connectivity index (χ4n) is 2.89. The van der Waals surface area contributed by atoms with Crippen LogP contribution in [0.15, 0.2) is 10.7 Å². The fraction of sp³-hybridized carbons (Fsp3) is 0.762. The van der Waals surface area contributed by atoms with Crippen LogP contribution in [0.4, 0.5) is 0 Å². The molecule has 1 aromatic heterocycles. The predicted molar refractivity (Wildman–Crippen MR) is 107 cm³/mol. The highest BCUT2D eigenvalue weighted by molar-refractivity contribution is 5.92. The second kappa shape index (κ2) is 11.8. The molecule has 1 aromatic rings. The topological polar surface area (TPSA) is 75.4 Å². The largest absolute Gasteiger partial charge is 0.446 e. The van der Waals surface area contributed by atoms with Crippen LogP contribution in [0, 0.1) is 5.92 Å². The van der Waals surface area contributed by atoms with Gasteiger partial charge < -0.3 is 14.6 Å². The van der Waals surface area contributed by atoms with Gasteiger partial charge in [0.25, 0.3) is 5.91 Å². The van der Waals surface area contributed by atoms with Crippen molar-refractivity contribution >= 4 is 11.8 Å². The third-order valence-corrected chi connectivity index (χ3v) is 5.23. The normalized spacial score (nSPS) is 14.4. The number of nitrogens with one attached hydrogen (secondary N) is 1. The molecule has 0 fully saturated rings. The van der Waals surface area contributed by atoms with Gasteiger partial charge in [-0.05, 0) is 39.5 Å². The summed E-state index contributed by atoms with van der Waals surface area (Å²) in [6.45, 7) is 12.6. The zero-order valence-electron chi connectivity index (χ0n) is 17.9. The minimum absolute atomic E-state index is 0.0297. The quantitative estimate of drug-likeness (QED) is 0.578. The summed E-state index contributed by atoms with van der Waals surface area (Å²) in [6.07, 6.45) is 6.97. The molecule has 154 valence electrons. The zero-order chi connectivity index (χ0) is 20.4. The Balaban J connectivity index is 2.88. The van der Waals surface area contributed by atoms with Crippen molar-refractivity contribution in [3.63, 3.8) is 0 Å². The molecule has 0 radical (unpaired) electrons. The molecule has 27 heavy (non-hydrogen) atoms. The molecule has 0 spiro atoms. The number of unbranched alkanes of at least 4 members (excludes halogenated alkanes) is 1. The average Bonchev–Trinajstić information content (AvgIpc) is 3.14. The summed E-state index contributed by atoms with van der Waals surface area (Å²) in [4.78, 5) is 31.4. The first-order valence-corrected chi connectivity index (χ1v) is 10.4. The van der Waals surface area contributed by atoms with Crippen LogP contribution in [-0.4, -0.2) is 33.8 Å². The van der Waals surface area contributed by atoms with Gasteiger partial charge in [0.15, 0.2) is 5.69 Å². The van der Waals surface area contributed by atoms with Gasteiger partial charge in [0, 0.05) is 18.0 Å². The van der Waals surface area contributed by atoms with Crippen LogP contribution >= 0.6 is 0 Å². The Labute approximate surface area is 164 Å². The first-order chi connectivity index (χ1) is 12.9. The Kier molecular flexibility index (Phi) is 10.1. The Morgan fingerprint density at radius 3 is 2.41 bits per heavy atom. The van der Waals surface area contributed by atoms with E-state index < -0.39 is 0 Å². The first kappa shape index (κ1) is 23.2. The summed E-state index contributed by atoms with van der Waals surface area (Å²) in [6, 6.07) is 0.178. The highest BCUT2D eigenvalue weighted by Gasteiger charge is 2.27. The molecular formula is C21H37N3O3. The molecular weight excluding hydrogens is 342 g/mol. The monoisotopic (exact) mass is 379 g/mol. The van der Waals surface area contributed by atoms with Gasteiger partial charge in [-0.15, -0.1) is 0 Å². The maximum Gasteiger partial charge on any atom is 0.273 e. The number of hydrogen-bond acceptors (Lipinski definition) is 4. The Morgan fingerprint density at radius 1 is 1.15 bits per heavy atom. The summed E-state index contributed by atoms with van der Waals surface area (Å²) in [7, 11) is 0. The summed E-state index contributed by atoms with van der Waals surface area (Å²) in [5, 5.41) is 2.88. The van der Waals surface area contributed by atoms with E-state index in [0.717, 1.165) is 38.5 Å². The van der Waals surface area contributed by atoms with E-state index in [1.807, 2.05) is 25.7 Å². The van der Waals surface area contributed by atoms with Gasteiger partial charge in [0.1, 0.15) is 6.26 Å². The lowest BCUT2D eigenvalue weighted by Gasteiger charge is -2.31. The van der Waals surface area contributed by atoms with E-state index in [1.165, 1.54) is 6.26 Å². The lowest BCUT2D eigenvalue weighted by Crippen LogP contribution is -2.41. The minimum atomic E-state index is -0.241. The van der Waals surface area contributed by atoms with Crippen molar-refractivity contribution in [1.29, 1.82) is 0 Å². The van der Waals surface area contributed by atoms with Crippen molar-refractivity contribution in [2.75, 3.05) is 0 Å². The van der Waals surface area contributed by atoms with Crippen molar-refractivity contribution in [3.8, 4) is 0 Å². The molecule has 1 N–H and O–H groups in total. The predicted octanol–water partition coefficient (Wildman–Crippen LogP) is 4.55. The van der Waals surface area contributed by atoms with Crippen LogP contribution in [0.3, 0.4) is 0 Å². The summed E-state index contributed by atoms with van der Waals surface area (Å²) >= 11 is 0. The van der Waals surface area contributed by atoms with Gasteiger partial charge in [-0.2, -0.15) is 0 Å². The van der Waals surface area contributed by atoms with E-state index in [-0.39, 0.29) is 35.5 Å². The SMILES string of the molecule is CCCCC(CC)C(=O)N(Cc1nc(C(=O)NC(C)CC)co1)C(C)CC. The van der Waals surface area contributed by atoms with Crippen LogP contribution in [0.5, 0.6) is 0 Å². The van der Waals surface area contributed by atoms with E-state index in [9.17, 15) is 9.59 Å². The summed E-state index contributed by atoms with van der Waals surface area (Å²) in [5.41, 5.74) is 0.264. The average molecular weight is 380 g/mol. The standard InChI is InChI=1S/C21H37N3O3/c1-7-11-12-17(10-4)21(26)24(16(6)9-3)13-19-23-18(14-27-19)20(25)22-15(5)8-2/h14-17H,7-13H2,1-6H3,(H,22,25). The fourth-order valence-corrected chi connectivity index (χ4v) is 2.89. The van der Waals surface area contributed by atoms with Gasteiger partial charge in [0.2, 0.25) is 11.8 Å². The maximum absolute atomic E-state index is 13.1. The van der Waals surface area contributed by atoms with Crippen LogP contribution in [-0.2, 0) is 11.3 Å². The third-order valence-electron chi connectivity index (χ3n) is 5.23. The third kappa shape index (κ3) is 7.00. The molecule has 0 saturated heterocycles. The lowest BCUT2D eigenvalue weighted by atomic mass is 9.97. The molecule has 0 aliphatic heterocycles. The zero-order valence-corrected chi connectivity index (χ0v) is 17.9. The molecule has 1 rings (SSSR count). The van der Waals surface area contributed by atoms with Crippen molar-refractivity contribution in [1.82, 2.24) is 15.2 Å². The van der Waals surface area contributed by atoms with Gasteiger partial charge in [0.05, 0.1) is 6.54 Å². The highest BCUT2D eigenvalue weighted by Crippen LogP contribution is 2.20. The van der Waals surface area contributed by atoms with E-state index in [2.05, 4.69) is 31.1 Å². The number of amides is 2. The Bertz CT molecular complexity index is 585. The number of carbonyl (C=O) groups excluding carboxylic acids is 2. The maximum atomic E-state index is 13.1. The van der Waals surface area contributed by atoms with E-state index in [0.29, 0.717) is 12.4 Å². The number of aromatic nitrogens is 1. The smallest absolute Gasteiger partial charge is 0.273 e. The molecule has 1 heterocycles. The number of carbonyl (C=O) groups is 2. The van der Waals surface area contributed by atoms with Gasteiger partial charge in [-0.1, -0.05) is 40.5 Å². The molecule has 3 unspecified atom stereocenters. The van der Waals surface area contributed by atoms with E-state index >= 15 is 0 Å². The lowest BCUT2D eigenvalue weighted by molar-refractivity contribution is -0.139. The molecule has 0 aliphatic carbocycles.